The fraction of sp³-hybridized carbons (Fsp3) is 0.333. The molecule has 0 amide bonds. The van der Waals surface area contributed by atoms with Gasteiger partial charge in [-0.2, -0.15) is 9.97 Å². The molecule has 8 rings (SSSR count). The normalized spacial score (nSPS) is 13.3. The summed E-state index contributed by atoms with van der Waals surface area (Å²) in [5, 5.41) is 18.1. The van der Waals surface area contributed by atoms with Crippen LogP contribution >= 0.6 is 35.6 Å². The molecule has 0 saturated carbocycles. The molecule has 6 aromatic rings. The van der Waals surface area contributed by atoms with Crippen LogP contribution in [0.2, 0.25) is 10.0 Å². The van der Waals surface area contributed by atoms with Crippen LogP contribution in [0.1, 0.15) is 62.8 Å². The van der Waals surface area contributed by atoms with E-state index in [0.717, 1.165) is 47.5 Å². The Morgan fingerprint density at radius 1 is 0.645 bits per heavy atom. The molecule has 2 aromatic heterocycles. The van der Waals surface area contributed by atoms with Gasteiger partial charge in [-0.25, -0.2) is 0 Å². The van der Waals surface area contributed by atoms with Gasteiger partial charge in [0.15, 0.2) is 0 Å². The number of carbonyl (C=O) groups excluding carboxylic acids is 1. The van der Waals surface area contributed by atoms with Crippen LogP contribution in [0.3, 0.4) is 0 Å². The van der Waals surface area contributed by atoms with Gasteiger partial charge in [-0.15, -0.1) is 12.4 Å². The highest BCUT2D eigenvalue weighted by molar-refractivity contribution is 6.32. The van der Waals surface area contributed by atoms with E-state index in [-0.39, 0.29) is 37.0 Å². The number of hydrogen-bond acceptors (Lipinski definition) is 13. The van der Waals surface area contributed by atoms with E-state index in [4.69, 9.17) is 51.6 Å². The molecule has 0 unspecified atom stereocenters. The molecule has 1 N–H and O–H groups in total. The summed E-state index contributed by atoms with van der Waals surface area (Å²) < 4.78 is 27.0. The SMILES string of the molecule is CC(C)Oc1ccc(-c2noc(-c3ccc4c(c3)CN(CCC(=O)O)C4)n2)cc1Cl.COC(=O)CCN1Cc2ccc(-c3nc(-c4ccc(OC(C)C)c(Cl)c4)no3)cc2C1.Cl. The lowest BCUT2D eigenvalue weighted by molar-refractivity contribution is -0.141. The molecule has 2 aliphatic rings. The number of ether oxygens (including phenoxy) is 3. The maximum absolute atomic E-state index is 11.4. The second kappa shape index (κ2) is 20.6. The zero-order chi connectivity index (χ0) is 43.2. The zero-order valence-electron chi connectivity index (χ0n) is 34.9. The van der Waals surface area contributed by atoms with Crippen molar-refractivity contribution in [2.24, 2.45) is 0 Å². The van der Waals surface area contributed by atoms with Crippen LogP contribution in [0, 0.1) is 0 Å². The van der Waals surface area contributed by atoms with Gasteiger partial charge >= 0.3 is 11.9 Å². The van der Waals surface area contributed by atoms with Crippen molar-refractivity contribution in [3.05, 3.63) is 105 Å². The Kier molecular flexibility index (Phi) is 15.3. The van der Waals surface area contributed by atoms with Gasteiger partial charge in [-0.3, -0.25) is 19.4 Å². The molecule has 62 heavy (non-hydrogen) atoms. The molecule has 4 aromatic carbocycles. The van der Waals surface area contributed by atoms with Crippen LogP contribution in [0.4, 0.5) is 0 Å². The first-order valence-electron chi connectivity index (χ1n) is 19.9. The molecular formula is C45H47Cl3N6O8. The topological polar surface area (TPSA) is 166 Å². The summed E-state index contributed by atoms with van der Waals surface area (Å²) in [6.45, 7) is 12.0. The molecule has 14 nitrogen and oxygen atoms in total. The molecule has 0 fully saturated rings. The number of rotatable bonds is 14. The van der Waals surface area contributed by atoms with Crippen LogP contribution in [-0.2, 0) is 40.5 Å². The average molecular weight is 906 g/mol. The van der Waals surface area contributed by atoms with E-state index in [1.54, 1.807) is 18.2 Å². The Hall–Kier alpha value is -5.51. The van der Waals surface area contributed by atoms with Gasteiger partial charge in [-0.1, -0.05) is 45.6 Å². The number of esters is 1. The van der Waals surface area contributed by atoms with Gasteiger partial charge in [0.05, 0.1) is 42.2 Å². The number of carboxylic acid groups (broad SMARTS) is 1. The van der Waals surface area contributed by atoms with E-state index >= 15 is 0 Å². The van der Waals surface area contributed by atoms with Crippen molar-refractivity contribution in [1.82, 2.24) is 30.1 Å². The van der Waals surface area contributed by atoms with E-state index in [1.807, 2.05) is 70.2 Å². The van der Waals surface area contributed by atoms with E-state index in [0.29, 0.717) is 71.0 Å². The number of methoxy groups -OCH3 is 1. The lowest BCUT2D eigenvalue weighted by Gasteiger charge is -2.13. The Morgan fingerprint density at radius 2 is 1.06 bits per heavy atom. The van der Waals surface area contributed by atoms with Gasteiger partial charge in [0.2, 0.25) is 11.6 Å². The van der Waals surface area contributed by atoms with E-state index < -0.39 is 5.97 Å². The minimum absolute atomic E-state index is 0. The van der Waals surface area contributed by atoms with E-state index in [9.17, 15) is 9.59 Å². The summed E-state index contributed by atoms with van der Waals surface area (Å²) in [7, 11) is 1.41. The number of fused-ring (bicyclic) bond motifs is 2. The van der Waals surface area contributed by atoms with Crippen LogP contribution in [-0.4, -0.2) is 79.5 Å². The van der Waals surface area contributed by atoms with E-state index in [1.165, 1.54) is 23.8 Å². The first-order valence-corrected chi connectivity index (χ1v) is 20.7. The maximum Gasteiger partial charge on any atom is 0.306 e. The van der Waals surface area contributed by atoms with Crippen LogP contribution in [0.25, 0.3) is 45.7 Å². The highest BCUT2D eigenvalue weighted by atomic mass is 35.5. The highest BCUT2D eigenvalue weighted by Gasteiger charge is 2.23. The highest BCUT2D eigenvalue weighted by Crippen LogP contribution is 2.34. The summed E-state index contributed by atoms with van der Waals surface area (Å²) in [5.41, 5.74) is 7.96. The minimum Gasteiger partial charge on any atom is -0.489 e. The first-order chi connectivity index (χ1) is 29.3. The van der Waals surface area contributed by atoms with Crippen molar-refractivity contribution >= 4 is 47.5 Å². The molecule has 0 radical (unpaired) electrons. The predicted octanol–water partition coefficient (Wildman–Crippen LogP) is 9.78. The molecule has 0 saturated heterocycles. The number of halogens is 3. The molecular weight excluding hydrogens is 859 g/mol. The number of carboxylic acids is 1. The lowest BCUT2D eigenvalue weighted by Crippen LogP contribution is -2.20. The number of benzene rings is 4. The van der Waals surface area contributed by atoms with Crippen molar-refractivity contribution in [2.75, 3.05) is 20.2 Å². The third-order valence-corrected chi connectivity index (χ3v) is 10.5. The van der Waals surface area contributed by atoms with Gasteiger partial charge in [-0.05, 0) is 111 Å². The second-order valence-electron chi connectivity index (χ2n) is 15.3. The van der Waals surface area contributed by atoms with Crippen LogP contribution in [0.15, 0.2) is 81.8 Å². The van der Waals surface area contributed by atoms with E-state index in [2.05, 4.69) is 42.2 Å². The Morgan fingerprint density at radius 3 is 1.47 bits per heavy atom. The molecule has 0 aliphatic carbocycles. The van der Waals surface area contributed by atoms with Crippen molar-refractivity contribution < 1.29 is 38.0 Å². The van der Waals surface area contributed by atoms with Crippen molar-refractivity contribution in [2.45, 2.75) is 78.9 Å². The standard InChI is InChI=1S/C23H24ClN3O4.C22H22ClN3O4.ClH/c1-14(2)30-20-7-6-15(11-19(20)24)22-25-23(31-26-22)16-4-5-17-12-27(13-18(17)10-16)9-8-21(28)29-3;1-13(2)29-19-6-5-14(10-18(19)23)21-24-22(30-25-21)15-3-4-16-11-26(8-7-20(27)28)12-17(16)9-15;/h4-7,10-11,14H,8-9,12-13H2,1-3H3;3-6,9-10,13H,7-8,11-12H2,1-2H3,(H,27,28);1H. The molecule has 17 heteroatoms. The number of aliphatic carboxylic acids is 1. The zero-order valence-corrected chi connectivity index (χ0v) is 37.2. The summed E-state index contributed by atoms with van der Waals surface area (Å²) in [5.74, 6) is 2.05. The minimum atomic E-state index is -0.783. The maximum atomic E-state index is 11.4. The number of nitrogens with zero attached hydrogens (tertiary/aromatic N) is 6. The monoisotopic (exact) mass is 904 g/mol. The third kappa shape index (κ3) is 11.5. The fourth-order valence-electron chi connectivity index (χ4n) is 7.01. The Labute approximate surface area is 375 Å². The largest absolute Gasteiger partial charge is 0.489 e. The summed E-state index contributed by atoms with van der Waals surface area (Å²) in [6.07, 6.45) is 0.590. The number of carbonyl (C=O) groups is 2. The van der Waals surface area contributed by atoms with Gasteiger partial charge in [0, 0.05) is 61.5 Å². The van der Waals surface area contributed by atoms with Gasteiger partial charge < -0.3 is 28.4 Å². The number of aromatic nitrogens is 4. The summed E-state index contributed by atoms with van der Waals surface area (Å²) in [4.78, 5) is 35.6. The molecule has 4 heterocycles. The van der Waals surface area contributed by atoms with Crippen LogP contribution in [0.5, 0.6) is 11.5 Å². The average Bonchev–Trinajstić information content (AvgIpc) is 4.06. The Balaban J connectivity index is 0.000000204. The number of hydrogen-bond donors (Lipinski definition) is 1. The quantitative estimate of drug-likeness (QED) is 0.103. The Bertz CT molecular complexity index is 2530. The lowest BCUT2D eigenvalue weighted by atomic mass is 10.1. The van der Waals surface area contributed by atoms with Crippen molar-refractivity contribution in [3.8, 4) is 57.2 Å². The molecule has 0 bridgehead atoms. The molecule has 0 atom stereocenters. The van der Waals surface area contributed by atoms with Gasteiger partial charge in [0.1, 0.15) is 11.5 Å². The van der Waals surface area contributed by atoms with Crippen molar-refractivity contribution in [1.29, 1.82) is 0 Å². The first kappa shape index (κ1) is 46.0. The molecule has 2 aliphatic heterocycles. The fourth-order valence-corrected chi connectivity index (χ4v) is 7.46. The molecule has 326 valence electrons. The predicted molar refractivity (Wildman–Crippen MR) is 236 cm³/mol. The summed E-state index contributed by atoms with van der Waals surface area (Å²) >= 11 is 12.7. The van der Waals surface area contributed by atoms with Gasteiger partial charge in [0.25, 0.3) is 11.8 Å². The van der Waals surface area contributed by atoms with Crippen LogP contribution < -0.4 is 9.47 Å². The summed E-state index contributed by atoms with van der Waals surface area (Å²) in [6, 6.07) is 23.0. The smallest absolute Gasteiger partial charge is 0.306 e. The second-order valence-corrected chi connectivity index (χ2v) is 16.1. The molecule has 0 spiro atoms. The van der Waals surface area contributed by atoms with Crippen molar-refractivity contribution in [3.63, 3.8) is 0 Å². The third-order valence-electron chi connectivity index (χ3n) is 9.94.